The van der Waals surface area contributed by atoms with Gasteiger partial charge in [0, 0.05) is 30.5 Å². The molecule has 2 aromatic rings. The second-order valence-electron chi connectivity index (χ2n) is 5.67. The molecule has 0 radical (unpaired) electrons. The van der Waals surface area contributed by atoms with Gasteiger partial charge in [-0.2, -0.15) is 0 Å². The van der Waals surface area contributed by atoms with Crippen molar-refractivity contribution in [2.75, 3.05) is 18.0 Å². The monoisotopic (exact) mass is 325 g/mol. The van der Waals surface area contributed by atoms with Gasteiger partial charge in [0.05, 0.1) is 6.20 Å². The Balaban J connectivity index is 0.00000100. The third-order valence-corrected chi connectivity index (χ3v) is 4.03. The summed E-state index contributed by atoms with van der Waals surface area (Å²) in [7, 11) is 0. The van der Waals surface area contributed by atoms with E-state index < -0.39 is 0 Å². The van der Waals surface area contributed by atoms with E-state index in [0.29, 0.717) is 0 Å². The third kappa shape index (κ3) is 3.88. The molecule has 0 saturated heterocycles. The van der Waals surface area contributed by atoms with Gasteiger partial charge in [0.25, 0.3) is 0 Å². The quantitative estimate of drug-likeness (QED) is 0.867. The van der Waals surface area contributed by atoms with E-state index in [1.165, 1.54) is 16.8 Å². The molecule has 2 heterocycles. The summed E-state index contributed by atoms with van der Waals surface area (Å²) in [6, 6.07) is 6.62. The number of aromatic nitrogens is 1. The van der Waals surface area contributed by atoms with E-state index in [0.717, 1.165) is 36.4 Å². The summed E-state index contributed by atoms with van der Waals surface area (Å²) in [6.07, 6.45) is 6.57. The van der Waals surface area contributed by atoms with E-state index in [9.17, 15) is 0 Å². The molecule has 3 rings (SSSR count). The van der Waals surface area contributed by atoms with Crippen LogP contribution in [0.4, 0.5) is 5.69 Å². The average molecular weight is 325 g/mol. The average Bonchev–Trinajstić information content (AvgIpc) is 3.21. The lowest BCUT2D eigenvalue weighted by Gasteiger charge is -2.20. The highest BCUT2D eigenvalue weighted by atomic mass is 16.5. The Morgan fingerprint density at radius 2 is 2.21 bits per heavy atom. The first-order valence-corrected chi connectivity index (χ1v) is 8.51. The van der Waals surface area contributed by atoms with Gasteiger partial charge in [-0.05, 0) is 49.2 Å². The Morgan fingerprint density at radius 3 is 2.88 bits per heavy atom. The molecule has 0 amide bonds. The van der Waals surface area contributed by atoms with E-state index in [2.05, 4.69) is 47.1 Å². The second-order valence-corrected chi connectivity index (χ2v) is 5.67. The minimum atomic E-state index is 0.857. The van der Waals surface area contributed by atoms with Crippen LogP contribution in [-0.2, 0) is 6.42 Å². The van der Waals surface area contributed by atoms with Crippen LogP contribution in [0.3, 0.4) is 0 Å². The molecule has 24 heavy (non-hydrogen) atoms. The summed E-state index contributed by atoms with van der Waals surface area (Å²) < 4.78 is 5.18. The first-order valence-electron chi connectivity index (χ1n) is 8.51. The van der Waals surface area contributed by atoms with Crippen molar-refractivity contribution in [1.29, 1.82) is 0 Å². The minimum absolute atomic E-state index is 0.857. The Bertz CT molecular complexity index is 715. The molecular weight excluding hydrogens is 298 g/mol. The Morgan fingerprint density at radius 1 is 1.42 bits per heavy atom. The first kappa shape index (κ1) is 17.9. The summed E-state index contributed by atoms with van der Waals surface area (Å²) in [6.45, 7) is 13.7. The largest absolute Gasteiger partial charge is 0.368 e. The number of nitrogens with one attached hydrogen (secondary N) is 1. The Hall–Kier alpha value is -2.49. The van der Waals surface area contributed by atoms with Gasteiger partial charge < -0.3 is 14.7 Å². The van der Waals surface area contributed by atoms with Gasteiger partial charge in [0.2, 0.25) is 0 Å². The van der Waals surface area contributed by atoms with Crippen molar-refractivity contribution < 1.29 is 4.52 Å². The van der Waals surface area contributed by atoms with Gasteiger partial charge in [-0.1, -0.05) is 37.7 Å². The maximum atomic E-state index is 5.18. The van der Waals surface area contributed by atoms with E-state index in [1.807, 2.05) is 27.0 Å². The number of rotatable bonds is 5. The number of fused-ring (bicyclic) bond motifs is 1. The highest BCUT2D eigenvalue weighted by Crippen LogP contribution is 2.34. The third-order valence-electron chi connectivity index (χ3n) is 4.03. The Kier molecular flexibility index (Phi) is 6.24. The molecule has 0 spiro atoms. The summed E-state index contributed by atoms with van der Waals surface area (Å²) in [5.41, 5.74) is 6.22. The number of hydrogen-bond acceptors (Lipinski definition) is 4. The highest BCUT2D eigenvalue weighted by Gasteiger charge is 2.20. The smallest absolute Gasteiger partial charge is 0.141 e. The predicted octanol–water partition coefficient (Wildman–Crippen LogP) is 4.68. The fourth-order valence-corrected chi connectivity index (χ4v) is 2.90. The standard InChI is InChI=1S/C18H21N3O.C2H6/c1-4-19-10-13(2)12-21-8-7-15-5-6-16(9-18(15)21)17-11-20-22-14(17)3;1-2/h4-6,9-11,19H,1,7-8,12H2,2-3H3;1-2H3/b13-10+;. The minimum Gasteiger partial charge on any atom is -0.368 e. The number of hydrogen-bond donors (Lipinski definition) is 1. The summed E-state index contributed by atoms with van der Waals surface area (Å²) >= 11 is 0. The molecule has 1 aromatic heterocycles. The van der Waals surface area contributed by atoms with Crippen molar-refractivity contribution in [3.63, 3.8) is 0 Å². The van der Waals surface area contributed by atoms with E-state index in [-0.39, 0.29) is 0 Å². The van der Waals surface area contributed by atoms with Crippen LogP contribution in [-0.4, -0.2) is 18.2 Å². The van der Waals surface area contributed by atoms with Gasteiger partial charge in [-0.15, -0.1) is 0 Å². The van der Waals surface area contributed by atoms with Gasteiger partial charge in [0.15, 0.2) is 0 Å². The molecule has 0 atom stereocenters. The SMILES string of the molecule is C=CN/C=C(\C)CN1CCc2ccc(-c3cnoc3C)cc21.CC. The van der Waals surface area contributed by atoms with Crippen molar-refractivity contribution >= 4 is 5.69 Å². The van der Waals surface area contributed by atoms with Crippen LogP contribution >= 0.6 is 0 Å². The molecule has 128 valence electrons. The molecule has 1 aromatic carbocycles. The van der Waals surface area contributed by atoms with Gasteiger partial charge in [-0.25, -0.2) is 0 Å². The lowest BCUT2D eigenvalue weighted by molar-refractivity contribution is 0.398. The van der Waals surface area contributed by atoms with Crippen LogP contribution in [0.2, 0.25) is 0 Å². The molecule has 0 fully saturated rings. The molecule has 4 heteroatoms. The number of benzene rings is 1. The topological polar surface area (TPSA) is 41.3 Å². The lowest BCUT2D eigenvalue weighted by Crippen LogP contribution is -2.23. The molecule has 0 saturated carbocycles. The van der Waals surface area contributed by atoms with Crippen LogP contribution in [0.5, 0.6) is 0 Å². The van der Waals surface area contributed by atoms with Crippen LogP contribution in [0.1, 0.15) is 32.1 Å². The van der Waals surface area contributed by atoms with Gasteiger partial charge in [0.1, 0.15) is 5.76 Å². The van der Waals surface area contributed by atoms with Crippen molar-refractivity contribution in [3.05, 3.63) is 60.3 Å². The van der Waals surface area contributed by atoms with E-state index >= 15 is 0 Å². The molecular formula is C20H27N3O. The number of aryl methyl sites for hydroxylation is 1. The molecule has 1 aliphatic rings. The molecule has 1 aliphatic heterocycles. The van der Waals surface area contributed by atoms with Crippen LogP contribution in [0, 0.1) is 6.92 Å². The van der Waals surface area contributed by atoms with Crippen LogP contribution in [0.25, 0.3) is 11.1 Å². The zero-order valence-corrected chi connectivity index (χ0v) is 15.1. The number of anilines is 1. The zero-order valence-electron chi connectivity index (χ0n) is 15.1. The molecule has 1 N–H and O–H groups in total. The van der Waals surface area contributed by atoms with Gasteiger partial charge >= 0.3 is 0 Å². The van der Waals surface area contributed by atoms with E-state index in [1.54, 1.807) is 12.4 Å². The fraction of sp³-hybridized carbons (Fsp3) is 0.350. The maximum absolute atomic E-state index is 5.18. The van der Waals surface area contributed by atoms with E-state index in [4.69, 9.17) is 4.52 Å². The normalized spacial score (nSPS) is 13.2. The molecule has 0 bridgehead atoms. The van der Waals surface area contributed by atoms with Crippen molar-refractivity contribution in [1.82, 2.24) is 10.5 Å². The van der Waals surface area contributed by atoms with Crippen molar-refractivity contribution in [2.24, 2.45) is 0 Å². The van der Waals surface area contributed by atoms with Crippen LogP contribution < -0.4 is 10.2 Å². The summed E-state index contributed by atoms with van der Waals surface area (Å²) in [4.78, 5) is 2.41. The lowest BCUT2D eigenvalue weighted by atomic mass is 10.0. The fourth-order valence-electron chi connectivity index (χ4n) is 2.90. The van der Waals surface area contributed by atoms with Crippen molar-refractivity contribution in [3.8, 4) is 11.1 Å². The maximum Gasteiger partial charge on any atom is 0.141 e. The predicted molar refractivity (Wildman–Crippen MR) is 101 cm³/mol. The molecule has 0 unspecified atom stereocenters. The van der Waals surface area contributed by atoms with Crippen LogP contribution in [0.15, 0.2) is 53.5 Å². The number of nitrogens with zero attached hydrogens (tertiary/aromatic N) is 2. The second kappa shape index (κ2) is 8.39. The van der Waals surface area contributed by atoms with Crippen molar-refractivity contribution in [2.45, 2.75) is 34.1 Å². The first-order chi connectivity index (χ1) is 11.7. The molecule has 4 nitrogen and oxygen atoms in total. The summed E-state index contributed by atoms with van der Waals surface area (Å²) in [5.74, 6) is 0.857. The van der Waals surface area contributed by atoms with Gasteiger partial charge in [-0.3, -0.25) is 0 Å². The zero-order chi connectivity index (χ0) is 17.5. The molecule has 0 aliphatic carbocycles. The Labute approximate surface area is 144 Å². The summed E-state index contributed by atoms with van der Waals surface area (Å²) in [5, 5.41) is 6.92. The highest BCUT2D eigenvalue weighted by molar-refractivity contribution is 5.72.